The molecule has 0 N–H and O–H groups in total. The molecule has 13 heavy (non-hydrogen) atoms. The molecule has 2 rings (SSSR count). The van der Waals surface area contributed by atoms with Crippen molar-refractivity contribution in [1.29, 1.82) is 0 Å². The zero-order chi connectivity index (χ0) is 9.10. The molecule has 0 saturated heterocycles. The molecule has 0 saturated carbocycles. The van der Waals surface area contributed by atoms with Crippen LogP contribution in [0, 0.1) is 0 Å². The van der Waals surface area contributed by atoms with Gasteiger partial charge in [0.15, 0.2) is 0 Å². The Kier molecular flexibility index (Phi) is 1.91. The molecule has 2 heterocycles. The summed E-state index contributed by atoms with van der Waals surface area (Å²) in [6.07, 6.45) is 6.59. The fourth-order valence-corrected chi connectivity index (χ4v) is 0.913. The number of hydrogen-bond acceptors (Lipinski definition) is 3. The van der Waals surface area contributed by atoms with Crippen LogP contribution in [0.1, 0.15) is 5.76 Å². The molecule has 0 aliphatic rings. The third-order valence-electron chi connectivity index (χ3n) is 1.50. The third-order valence-corrected chi connectivity index (χ3v) is 1.50. The molecule has 0 aliphatic carbocycles. The molecule has 5 heteroatoms. The van der Waals surface area contributed by atoms with Crippen molar-refractivity contribution in [2.24, 2.45) is 12.1 Å². The van der Waals surface area contributed by atoms with Crippen LogP contribution in [0.15, 0.2) is 40.6 Å². The summed E-state index contributed by atoms with van der Waals surface area (Å²) in [5.41, 5.74) is 0. The number of rotatable bonds is 2. The molecule has 0 aromatic carbocycles. The smallest absolute Gasteiger partial charge is 0.288 e. The second-order valence-corrected chi connectivity index (χ2v) is 2.56. The predicted octanol–water partition coefficient (Wildman–Crippen LogP) is 0.183. The molecular weight excluding hydrogens is 168 g/mol. The number of hydrogen-bond donors (Lipinski definition) is 0. The number of nitrogens with zero attached hydrogens (tertiary/aromatic N) is 4. The van der Waals surface area contributed by atoms with Crippen molar-refractivity contribution in [2.45, 2.75) is 0 Å². The SMILES string of the molecule is Cn1c[n+](/N=C\c2ccco2)cn1. The minimum absolute atomic E-state index is 0.719. The average Bonchev–Trinajstić information content (AvgIpc) is 2.71. The lowest BCUT2D eigenvalue weighted by Crippen LogP contribution is -2.23. The van der Waals surface area contributed by atoms with Crippen molar-refractivity contribution in [3.8, 4) is 0 Å². The van der Waals surface area contributed by atoms with Gasteiger partial charge in [0.25, 0.3) is 6.33 Å². The van der Waals surface area contributed by atoms with E-state index in [0.29, 0.717) is 0 Å². The van der Waals surface area contributed by atoms with Gasteiger partial charge < -0.3 is 4.42 Å². The van der Waals surface area contributed by atoms with E-state index in [2.05, 4.69) is 10.2 Å². The van der Waals surface area contributed by atoms with Crippen LogP contribution in [0.25, 0.3) is 0 Å². The van der Waals surface area contributed by atoms with Crippen LogP contribution in [0.2, 0.25) is 0 Å². The van der Waals surface area contributed by atoms with Gasteiger partial charge in [-0.3, -0.25) is 0 Å². The highest BCUT2D eigenvalue weighted by atomic mass is 16.3. The Morgan fingerprint density at radius 3 is 3.23 bits per heavy atom. The van der Waals surface area contributed by atoms with E-state index in [9.17, 15) is 0 Å². The summed E-state index contributed by atoms with van der Waals surface area (Å²) in [5.74, 6) is 0.719. The zero-order valence-corrected chi connectivity index (χ0v) is 7.16. The van der Waals surface area contributed by atoms with Gasteiger partial charge in [-0.05, 0) is 12.1 Å². The zero-order valence-electron chi connectivity index (χ0n) is 7.16. The van der Waals surface area contributed by atoms with Crippen LogP contribution in [0.3, 0.4) is 0 Å². The second-order valence-electron chi connectivity index (χ2n) is 2.56. The van der Waals surface area contributed by atoms with Crippen LogP contribution in [0.5, 0.6) is 0 Å². The van der Waals surface area contributed by atoms with Gasteiger partial charge in [0.2, 0.25) is 6.33 Å². The first-order valence-electron chi connectivity index (χ1n) is 3.82. The van der Waals surface area contributed by atoms with Crippen LogP contribution < -0.4 is 4.68 Å². The van der Waals surface area contributed by atoms with Gasteiger partial charge in [-0.2, -0.15) is 0 Å². The highest BCUT2D eigenvalue weighted by Gasteiger charge is 1.97. The van der Waals surface area contributed by atoms with Gasteiger partial charge in [0.05, 0.1) is 13.3 Å². The van der Waals surface area contributed by atoms with E-state index in [1.165, 1.54) is 0 Å². The molecule has 2 aromatic rings. The lowest BCUT2D eigenvalue weighted by molar-refractivity contribution is -0.679. The van der Waals surface area contributed by atoms with E-state index in [4.69, 9.17) is 4.42 Å². The Balaban J connectivity index is 2.14. The maximum absolute atomic E-state index is 5.07. The average molecular weight is 177 g/mol. The summed E-state index contributed by atoms with van der Waals surface area (Å²) in [5, 5.41) is 8.04. The molecule has 0 radical (unpaired) electrons. The molecule has 0 spiro atoms. The van der Waals surface area contributed by atoms with Crippen molar-refractivity contribution in [3.63, 3.8) is 0 Å². The summed E-state index contributed by atoms with van der Waals surface area (Å²) in [4.78, 5) is 0. The first kappa shape index (κ1) is 7.72. The summed E-state index contributed by atoms with van der Waals surface area (Å²) < 4.78 is 8.34. The van der Waals surface area contributed by atoms with Gasteiger partial charge >= 0.3 is 0 Å². The second kappa shape index (κ2) is 3.22. The van der Waals surface area contributed by atoms with E-state index in [1.807, 2.05) is 19.2 Å². The fraction of sp³-hybridized carbons (Fsp3) is 0.125. The molecule has 66 valence electrons. The molecule has 0 aliphatic heterocycles. The van der Waals surface area contributed by atoms with E-state index in [1.54, 1.807) is 34.5 Å². The summed E-state index contributed by atoms with van der Waals surface area (Å²) in [7, 11) is 1.83. The summed E-state index contributed by atoms with van der Waals surface area (Å²) in [6, 6.07) is 3.65. The molecule has 0 amide bonds. The van der Waals surface area contributed by atoms with Gasteiger partial charge in [0.1, 0.15) is 12.0 Å². The standard InChI is InChI=1S/C8H9N4O/c1-11-7-12(6-10-11)9-5-8-3-2-4-13-8/h2-7H,1H3/q+1/b9-5-. The van der Waals surface area contributed by atoms with Crippen molar-refractivity contribution >= 4 is 6.21 Å². The minimum Gasteiger partial charge on any atom is -0.463 e. The van der Waals surface area contributed by atoms with E-state index < -0.39 is 0 Å². The molecular formula is C8H9N4O+. The first-order valence-corrected chi connectivity index (χ1v) is 3.82. The maximum Gasteiger partial charge on any atom is 0.288 e. The highest BCUT2D eigenvalue weighted by Crippen LogP contribution is 1.94. The predicted molar refractivity (Wildman–Crippen MR) is 45.1 cm³/mol. The topological polar surface area (TPSA) is 47.2 Å². The van der Waals surface area contributed by atoms with Crippen LogP contribution >= 0.6 is 0 Å². The van der Waals surface area contributed by atoms with E-state index in [-0.39, 0.29) is 0 Å². The number of aromatic nitrogens is 3. The molecule has 0 unspecified atom stereocenters. The summed E-state index contributed by atoms with van der Waals surface area (Å²) >= 11 is 0. The van der Waals surface area contributed by atoms with E-state index >= 15 is 0 Å². The molecule has 0 bridgehead atoms. The lowest BCUT2D eigenvalue weighted by atomic mass is 10.5. The highest BCUT2D eigenvalue weighted by molar-refractivity contribution is 5.74. The molecule has 5 nitrogen and oxygen atoms in total. The third kappa shape index (κ3) is 1.81. The largest absolute Gasteiger partial charge is 0.463 e. The lowest BCUT2D eigenvalue weighted by Gasteiger charge is -1.81. The Bertz CT molecular complexity index is 401. The Labute approximate surface area is 74.9 Å². The normalized spacial score (nSPS) is 11.2. The maximum atomic E-state index is 5.07. The Hall–Kier alpha value is -1.91. The number of furan rings is 1. The van der Waals surface area contributed by atoms with Gasteiger partial charge in [-0.15, -0.1) is 14.5 Å². The van der Waals surface area contributed by atoms with Crippen molar-refractivity contribution in [1.82, 2.24) is 9.78 Å². The first-order chi connectivity index (χ1) is 6.34. The van der Waals surface area contributed by atoms with Gasteiger partial charge in [-0.1, -0.05) is 0 Å². The number of aryl methyl sites for hydroxylation is 1. The fourth-order valence-electron chi connectivity index (χ4n) is 0.913. The quantitative estimate of drug-likeness (QED) is 0.485. The monoisotopic (exact) mass is 177 g/mol. The van der Waals surface area contributed by atoms with Crippen molar-refractivity contribution in [2.75, 3.05) is 0 Å². The van der Waals surface area contributed by atoms with Crippen LogP contribution in [-0.2, 0) is 7.05 Å². The van der Waals surface area contributed by atoms with Crippen LogP contribution in [0.4, 0.5) is 0 Å². The molecule has 2 aromatic heterocycles. The van der Waals surface area contributed by atoms with Crippen molar-refractivity contribution in [3.05, 3.63) is 36.8 Å². The Morgan fingerprint density at radius 2 is 2.62 bits per heavy atom. The Morgan fingerprint density at radius 1 is 1.69 bits per heavy atom. The van der Waals surface area contributed by atoms with E-state index in [0.717, 1.165) is 5.76 Å². The minimum atomic E-state index is 0.719. The summed E-state index contributed by atoms with van der Waals surface area (Å²) in [6.45, 7) is 0. The van der Waals surface area contributed by atoms with Gasteiger partial charge in [0, 0.05) is 5.10 Å². The molecule has 0 fully saturated rings. The van der Waals surface area contributed by atoms with Gasteiger partial charge in [-0.25, -0.2) is 0 Å². The molecule has 0 atom stereocenters. The van der Waals surface area contributed by atoms with Crippen LogP contribution in [-0.4, -0.2) is 16.0 Å². The van der Waals surface area contributed by atoms with Crippen molar-refractivity contribution < 1.29 is 9.09 Å².